The van der Waals surface area contributed by atoms with E-state index in [1.54, 1.807) is 12.1 Å². The van der Waals surface area contributed by atoms with Gasteiger partial charge >= 0.3 is 0 Å². The first-order chi connectivity index (χ1) is 15.1. The number of halogens is 1. The number of hydrogen-bond acceptors (Lipinski definition) is 6. The summed E-state index contributed by atoms with van der Waals surface area (Å²) in [5.74, 6) is -0.409. The molecule has 0 aromatic heterocycles. The maximum atomic E-state index is 12.3. The fraction of sp³-hybridized carbons (Fsp3) is 0.350. The number of carbonyl (C=O) groups is 1. The number of hydrogen-bond donors (Lipinski definition) is 3. The summed E-state index contributed by atoms with van der Waals surface area (Å²) >= 11 is 3.24. The fourth-order valence-corrected chi connectivity index (χ4v) is 4.92. The van der Waals surface area contributed by atoms with Crippen molar-refractivity contribution < 1.29 is 26.4 Å². The van der Waals surface area contributed by atoms with Gasteiger partial charge in [-0.1, -0.05) is 15.9 Å². The van der Waals surface area contributed by atoms with Crippen LogP contribution in [0, 0.1) is 0 Å². The van der Waals surface area contributed by atoms with Crippen LogP contribution in [-0.4, -0.2) is 49.0 Å². The van der Waals surface area contributed by atoms with E-state index in [2.05, 4.69) is 30.7 Å². The van der Waals surface area contributed by atoms with Crippen LogP contribution in [0.5, 0.6) is 0 Å². The van der Waals surface area contributed by atoms with E-state index in [1.807, 2.05) is 6.92 Å². The first kappa shape index (κ1) is 26.4. The van der Waals surface area contributed by atoms with Crippen molar-refractivity contribution in [2.75, 3.05) is 31.6 Å². The molecule has 12 heteroatoms. The smallest absolute Gasteiger partial charge is 0.240 e. The molecule has 0 aliphatic heterocycles. The molecule has 0 fully saturated rings. The quantitative estimate of drug-likeness (QED) is 0.330. The number of nitrogens with one attached hydrogen (secondary N) is 3. The number of rotatable bonds is 13. The molecule has 0 heterocycles. The topological polar surface area (TPSA) is 131 Å². The number of amides is 1. The predicted octanol–water partition coefficient (Wildman–Crippen LogP) is 2.46. The molecule has 2 rings (SSSR count). The van der Waals surface area contributed by atoms with E-state index in [4.69, 9.17) is 4.74 Å². The zero-order chi connectivity index (χ0) is 23.6. The molecule has 0 saturated carbocycles. The Morgan fingerprint density at radius 1 is 0.875 bits per heavy atom. The Hall–Kier alpha value is -1.83. The average molecular weight is 548 g/mol. The molecule has 2 aromatic carbocycles. The van der Waals surface area contributed by atoms with Crippen LogP contribution in [0.15, 0.2) is 62.8 Å². The van der Waals surface area contributed by atoms with Gasteiger partial charge in [-0.3, -0.25) is 4.79 Å². The Kier molecular flexibility index (Phi) is 10.3. The number of benzene rings is 2. The number of sulfonamides is 2. The average Bonchev–Trinajstić information content (AvgIpc) is 2.74. The molecule has 0 spiro atoms. The molecular formula is C20H26BrN3O6S2. The largest absolute Gasteiger partial charge is 0.382 e. The highest BCUT2D eigenvalue weighted by Crippen LogP contribution is 2.15. The van der Waals surface area contributed by atoms with Crippen LogP contribution < -0.4 is 14.8 Å². The lowest BCUT2D eigenvalue weighted by Gasteiger charge is -2.09. The summed E-state index contributed by atoms with van der Waals surface area (Å²) in [6.07, 6.45) is 0.476. The van der Waals surface area contributed by atoms with Crippen LogP contribution in [0.3, 0.4) is 0 Å². The summed E-state index contributed by atoms with van der Waals surface area (Å²) in [6.45, 7) is 3.10. The van der Waals surface area contributed by atoms with Crippen molar-refractivity contribution in [1.82, 2.24) is 9.44 Å². The maximum Gasteiger partial charge on any atom is 0.240 e. The molecule has 0 unspecified atom stereocenters. The van der Waals surface area contributed by atoms with Crippen LogP contribution in [0.25, 0.3) is 0 Å². The number of carbonyl (C=O) groups excluding carboxylic acids is 1. The summed E-state index contributed by atoms with van der Waals surface area (Å²) in [5, 5.41) is 2.61. The SMILES string of the molecule is CCOCCCNS(=O)(=O)c1ccc(NC(=O)CCNS(=O)(=O)c2ccc(Br)cc2)cc1. The lowest BCUT2D eigenvalue weighted by Crippen LogP contribution is -2.28. The molecule has 0 bridgehead atoms. The first-order valence-electron chi connectivity index (χ1n) is 9.86. The highest BCUT2D eigenvalue weighted by Gasteiger charge is 2.15. The molecule has 0 aliphatic carbocycles. The van der Waals surface area contributed by atoms with Crippen LogP contribution >= 0.6 is 15.9 Å². The lowest BCUT2D eigenvalue weighted by molar-refractivity contribution is -0.116. The van der Waals surface area contributed by atoms with Crippen LogP contribution in [0.1, 0.15) is 19.8 Å². The summed E-state index contributed by atoms with van der Waals surface area (Å²) in [7, 11) is -7.36. The van der Waals surface area contributed by atoms with Gasteiger partial charge in [-0.15, -0.1) is 0 Å². The molecule has 1 amide bonds. The van der Waals surface area contributed by atoms with Crippen LogP contribution in [0.2, 0.25) is 0 Å². The Bertz CT molecular complexity index is 1090. The van der Waals surface area contributed by atoms with Gasteiger partial charge < -0.3 is 10.1 Å². The Labute approximate surface area is 197 Å². The van der Waals surface area contributed by atoms with Crippen molar-refractivity contribution in [3.63, 3.8) is 0 Å². The summed E-state index contributed by atoms with van der Waals surface area (Å²) in [6, 6.07) is 11.8. The Morgan fingerprint density at radius 3 is 1.97 bits per heavy atom. The highest BCUT2D eigenvalue weighted by molar-refractivity contribution is 9.10. The van der Waals surface area contributed by atoms with Crippen molar-refractivity contribution in [1.29, 1.82) is 0 Å². The van der Waals surface area contributed by atoms with E-state index < -0.39 is 26.0 Å². The monoisotopic (exact) mass is 547 g/mol. The standard InChI is InChI=1S/C20H26BrN3O6S2/c1-2-30-15-3-13-22-31(26,27)19-10-6-17(7-11-19)24-20(25)12-14-23-32(28,29)18-8-4-16(21)5-9-18/h4-11,22-23H,2-3,12-15H2,1H3,(H,24,25). The minimum Gasteiger partial charge on any atom is -0.382 e. The third-order valence-electron chi connectivity index (χ3n) is 4.18. The van der Waals surface area contributed by atoms with Crippen LogP contribution in [0.4, 0.5) is 5.69 Å². The highest BCUT2D eigenvalue weighted by atomic mass is 79.9. The van der Waals surface area contributed by atoms with Crippen molar-refractivity contribution >= 4 is 47.6 Å². The van der Waals surface area contributed by atoms with E-state index in [9.17, 15) is 21.6 Å². The van der Waals surface area contributed by atoms with E-state index >= 15 is 0 Å². The molecule has 3 N–H and O–H groups in total. The first-order valence-corrected chi connectivity index (χ1v) is 13.6. The summed E-state index contributed by atoms with van der Waals surface area (Å²) in [5.41, 5.74) is 0.404. The van der Waals surface area contributed by atoms with Gasteiger partial charge in [-0.25, -0.2) is 26.3 Å². The number of ether oxygens (including phenoxy) is 1. The third-order valence-corrected chi connectivity index (χ3v) is 7.66. The lowest BCUT2D eigenvalue weighted by atomic mass is 10.3. The van der Waals surface area contributed by atoms with Gasteiger partial charge in [-0.05, 0) is 61.9 Å². The second kappa shape index (κ2) is 12.4. The minimum atomic E-state index is -3.71. The van der Waals surface area contributed by atoms with Gasteiger partial charge in [-0.2, -0.15) is 0 Å². The zero-order valence-corrected chi connectivity index (χ0v) is 20.7. The molecule has 0 saturated heterocycles. The van der Waals surface area contributed by atoms with E-state index in [0.717, 1.165) is 4.47 Å². The van der Waals surface area contributed by atoms with Gasteiger partial charge in [0.2, 0.25) is 26.0 Å². The van der Waals surface area contributed by atoms with E-state index in [-0.39, 0.29) is 29.3 Å². The predicted molar refractivity (Wildman–Crippen MR) is 125 cm³/mol. The zero-order valence-electron chi connectivity index (χ0n) is 17.5. The fourth-order valence-electron chi connectivity index (χ4n) is 2.55. The second-order valence-electron chi connectivity index (χ2n) is 6.62. The molecular weight excluding hydrogens is 522 g/mol. The molecule has 0 atom stereocenters. The van der Waals surface area contributed by atoms with Gasteiger partial charge in [0.25, 0.3) is 0 Å². The van der Waals surface area contributed by atoms with Crippen molar-refractivity contribution in [3.05, 3.63) is 53.0 Å². The summed E-state index contributed by atoms with van der Waals surface area (Å²) < 4.78 is 59.7. The molecule has 0 radical (unpaired) electrons. The molecule has 176 valence electrons. The van der Waals surface area contributed by atoms with Gasteiger partial charge in [0.1, 0.15) is 0 Å². The van der Waals surface area contributed by atoms with Gasteiger partial charge in [0.15, 0.2) is 0 Å². The Balaban J connectivity index is 1.81. The summed E-state index contributed by atoms with van der Waals surface area (Å²) in [4.78, 5) is 12.3. The van der Waals surface area contributed by atoms with Crippen molar-refractivity contribution in [2.24, 2.45) is 0 Å². The van der Waals surface area contributed by atoms with Gasteiger partial charge in [0.05, 0.1) is 9.79 Å². The van der Waals surface area contributed by atoms with Crippen molar-refractivity contribution in [3.8, 4) is 0 Å². The molecule has 2 aromatic rings. The van der Waals surface area contributed by atoms with Crippen molar-refractivity contribution in [2.45, 2.75) is 29.6 Å². The van der Waals surface area contributed by atoms with E-state index in [0.29, 0.717) is 25.3 Å². The molecule has 0 aliphatic rings. The van der Waals surface area contributed by atoms with Gasteiger partial charge in [0, 0.05) is 42.9 Å². The van der Waals surface area contributed by atoms with E-state index in [1.165, 1.54) is 36.4 Å². The third kappa shape index (κ3) is 8.60. The van der Waals surface area contributed by atoms with Crippen LogP contribution in [-0.2, 0) is 29.6 Å². The normalized spacial score (nSPS) is 11.9. The minimum absolute atomic E-state index is 0.0779. The molecule has 32 heavy (non-hydrogen) atoms. The maximum absolute atomic E-state index is 12.3. The second-order valence-corrected chi connectivity index (χ2v) is 11.1. The molecule has 9 nitrogen and oxygen atoms in total. The Morgan fingerprint density at radius 2 is 1.41 bits per heavy atom. The number of anilines is 1.